The van der Waals surface area contributed by atoms with Crippen molar-refractivity contribution in [3.63, 3.8) is 0 Å². The number of hydrogen-bond acceptors (Lipinski definition) is 3. The quantitative estimate of drug-likeness (QED) is 0.745. The minimum absolute atomic E-state index is 0.0984. The number of aromatic nitrogens is 2. The van der Waals surface area contributed by atoms with Gasteiger partial charge < -0.3 is 11.1 Å². The van der Waals surface area contributed by atoms with Gasteiger partial charge in [-0.3, -0.25) is 9.48 Å². The van der Waals surface area contributed by atoms with Crippen molar-refractivity contribution in [3.05, 3.63) is 17.5 Å². The number of amides is 1. The molecule has 0 aliphatic carbocycles. The predicted octanol–water partition coefficient (Wildman–Crippen LogP) is 0.196. The van der Waals surface area contributed by atoms with Crippen molar-refractivity contribution in [2.45, 2.75) is 26.3 Å². The summed E-state index contributed by atoms with van der Waals surface area (Å²) < 4.78 is 1.58. The summed E-state index contributed by atoms with van der Waals surface area (Å²) in [5.41, 5.74) is 7.01. The molecule has 1 amide bonds. The van der Waals surface area contributed by atoms with Gasteiger partial charge in [-0.25, -0.2) is 0 Å². The second-order valence-electron chi connectivity index (χ2n) is 3.82. The van der Waals surface area contributed by atoms with Crippen LogP contribution in [0, 0.1) is 6.92 Å². The van der Waals surface area contributed by atoms with Crippen molar-refractivity contribution >= 4 is 5.91 Å². The molecule has 1 atom stereocenters. The fourth-order valence-corrected chi connectivity index (χ4v) is 1.33. The molecule has 3 N–H and O–H groups in total. The summed E-state index contributed by atoms with van der Waals surface area (Å²) in [7, 11) is 1.76. The molecule has 1 rings (SSSR count). The van der Waals surface area contributed by atoms with Crippen molar-refractivity contribution in [2.75, 3.05) is 6.54 Å². The maximum Gasteiger partial charge on any atom is 0.269 e. The highest BCUT2D eigenvalue weighted by Gasteiger charge is 2.10. The molecule has 1 heterocycles. The van der Waals surface area contributed by atoms with Crippen LogP contribution in [0.1, 0.15) is 29.5 Å². The third kappa shape index (κ3) is 3.36. The second kappa shape index (κ2) is 4.93. The van der Waals surface area contributed by atoms with Crippen LogP contribution in [0.4, 0.5) is 0 Å². The number of carbonyl (C=O) groups excluding carboxylic acids is 1. The summed E-state index contributed by atoms with van der Waals surface area (Å²) in [4.78, 5) is 11.6. The number of nitrogens with zero attached hydrogens (tertiary/aromatic N) is 2. The molecule has 0 spiro atoms. The Morgan fingerprint density at radius 2 is 2.40 bits per heavy atom. The fraction of sp³-hybridized carbons (Fsp3) is 0.600. The van der Waals surface area contributed by atoms with Crippen molar-refractivity contribution in [1.82, 2.24) is 15.1 Å². The van der Waals surface area contributed by atoms with Crippen molar-refractivity contribution in [1.29, 1.82) is 0 Å². The summed E-state index contributed by atoms with van der Waals surface area (Å²) >= 11 is 0. The van der Waals surface area contributed by atoms with Crippen LogP contribution < -0.4 is 11.1 Å². The van der Waals surface area contributed by atoms with Gasteiger partial charge in [0.1, 0.15) is 5.69 Å². The molecule has 15 heavy (non-hydrogen) atoms. The van der Waals surface area contributed by atoms with E-state index in [-0.39, 0.29) is 11.9 Å². The number of hydrogen-bond donors (Lipinski definition) is 2. The standard InChI is InChI=1S/C10H18N4O/c1-7(11)4-5-12-10(15)9-6-8(2)13-14(9)3/h6-7H,4-5,11H2,1-3H3,(H,12,15). The largest absolute Gasteiger partial charge is 0.351 e. The molecule has 1 unspecified atom stereocenters. The smallest absolute Gasteiger partial charge is 0.269 e. The van der Waals surface area contributed by atoms with Crippen LogP contribution in [0.15, 0.2) is 6.07 Å². The van der Waals surface area contributed by atoms with E-state index < -0.39 is 0 Å². The number of carbonyl (C=O) groups is 1. The van der Waals surface area contributed by atoms with Gasteiger partial charge in [-0.05, 0) is 26.3 Å². The zero-order valence-electron chi connectivity index (χ0n) is 9.45. The van der Waals surface area contributed by atoms with E-state index in [1.54, 1.807) is 17.8 Å². The third-order valence-electron chi connectivity index (χ3n) is 2.12. The maximum atomic E-state index is 11.6. The molecular weight excluding hydrogens is 192 g/mol. The molecule has 1 aromatic heterocycles. The summed E-state index contributed by atoms with van der Waals surface area (Å²) in [6.07, 6.45) is 0.780. The lowest BCUT2D eigenvalue weighted by Crippen LogP contribution is -2.30. The van der Waals surface area contributed by atoms with Crippen molar-refractivity contribution in [3.8, 4) is 0 Å². The molecule has 5 heteroatoms. The Kier molecular flexibility index (Phi) is 3.85. The average molecular weight is 210 g/mol. The van der Waals surface area contributed by atoms with Crippen molar-refractivity contribution < 1.29 is 4.79 Å². The van der Waals surface area contributed by atoms with Crippen LogP contribution in [0.5, 0.6) is 0 Å². The Bertz CT molecular complexity index is 343. The molecule has 84 valence electrons. The Balaban J connectivity index is 2.50. The van der Waals surface area contributed by atoms with Crippen LogP contribution in [-0.2, 0) is 7.05 Å². The second-order valence-corrected chi connectivity index (χ2v) is 3.82. The molecule has 0 radical (unpaired) electrons. The van der Waals surface area contributed by atoms with Crippen LogP contribution in [-0.4, -0.2) is 28.3 Å². The SMILES string of the molecule is Cc1cc(C(=O)NCCC(C)N)n(C)n1. The highest BCUT2D eigenvalue weighted by molar-refractivity contribution is 5.92. The third-order valence-corrected chi connectivity index (χ3v) is 2.12. The van der Waals surface area contributed by atoms with Gasteiger partial charge in [0.2, 0.25) is 0 Å². The fourth-order valence-electron chi connectivity index (χ4n) is 1.33. The Morgan fingerprint density at radius 3 is 2.87 bits per heavy atom. The normalized spacial score (nSPS) is 12.5. The van der Waals surface area contributed by atoms with Crippen molar-refractivity contribution in [2.24, 2.45) is 12.8 Å². The Labute approximate surface area is 89.6 Å². The lowest BCUT2D eigenvalue weighted by atomic mass is 10.2. The van der Waals surface area contributed by atoms with Gasteiger partial charge in [0, 0.05) is 19.6 Å². The first-order chi connectivity index (χ1) is 7.00. The van der Waals surface area contributed by atoms with Gasteiger partial charge in [0.25, 0.3) is 5.91 Å². The zero-order valence-corrected chi connectivity index (χ0v) is 9.45. The molecule has 1 aromatic rings. The first-order valence-electron chi connectivity index (χ1n) is 5.05. The van der Waals surface area contributed by atoms with E-state index in [0.717, 1.165) is 12.1 Å². The average Bonchev–Trinajstić information content (AvgIpc) is 2.44. The summed E-state index contributed by atoms with van der Waals surface area (Å²) in [5, 5.41) is 6.91. The molecule has 0 aliphatic rings. The molecule has 0 aliphatic heterocycles. The van der Waals surface area contributed by atoms with Gasteiger partial charge in [-0.2, -0.15) is 5.10 Å². The van der Waals surface area contributed by atoms with E-state index in [0.29, 0.717) is 12.2 Å². The lowest BCUT2D eigenvalue weighted by molar-refractivity contribution is 0.0943. The van der Waals surface area contributed by atoms with E-state index in [1.165, 1.54) is 0 Å². The van der Waals surface area contributed by atoms with Gasteiger partial charge in [0.15, 0.2) is 0 Å². The molecule has 0 aromatic carbocycles. The number of nitrogens with two attached hydrogens (primary N) is 1. The molecular formula is C10H18N4O. The number of aryl methyl sites for hydroxylation is 2. The zero-order chi connectivity index (χ0) is 11.4. The minimum Gasteiger partial charge on any atom is -0.351 e. The summed E-state index contributed by atoms with van der Waals surface area (Å²) in [6, 6.07) is 1.87. The Hall–Kier alpha value is -1.36. The van der Waals surface area contributed by atoms with Gasteiger partial charge >= 0.3 is 0 Å². The first-order valence-corrected chi connectivity index (χ1v) is 5.05. The van der Waals surface area contributed by atoms with E-state index in [4.69, 9.17) is 5.73 Å². The van der Waals surface area contributed by atoms with Gasteiger partial charge in [-0.1, -0.05) is 0 Å². The van der Waals surface area contributed by atoms with Gasteiger partial charge in [-0.15, -0.1) is 0 Å². The van der Waals surface area contributed by atoms with E-state index >= 15 is 0 Å². The van der Waals surface area contributed by atoms with Crippen LogP contribution in [0.25, 0.3) is 0 Å². The van der Waals surface area contributed by atoms with Crippen LogP contribution in [0.2, 0.25) is 0 Å². The van der Waals surface area contributed by atoms with Gasteiger partial charge in [0.05, 0.1) is 5.69 Å². The molecule has 0 saturated carbocycles. The molecule has 0 fully saturated rings. The monoisotopic (exact) mass is 210 g/mol. The van der Waals surface area contributed by atoms with Crippen LogP contribution >= 0.6 is 0 Å². The summed E-state index contributed by atoms with van der Waals surface area (Å²) in [6.45, 7) is 4.37. The maximum absolute atomic E-state index is 11.6. The number of rotatable bonds is 4. The molecule has 0 bridgehead atoms. The van der Waals surface area contributed by atoms with Crippen LogP contribution in [0.3, 0.4) is 0 Å². The Morgan fingerprint density at radius 1 is 1.73 bits per heavy atom. The lowest BCUT2D eigenvalue weighted by Gasteiger charge is -2.06. The predicted molar refractivity (Wildman–Crippen MR) is 58.5 cm³/mol. The first kappa shape index (κ1) is 11.7. The highest BCUT2D eigenvalue weighted by Crippen LogP contribution is 2.01. The highest BCUT2D eigenvalue weighted by atomic mass is 16.2. The molecule has 0 saturated heterocycles. The minimum atomic E-state index is -0.0984. The molecule has 5 nitrogen and oxygen atoms in total. The summed E-state index contributed by atoms with van der Waals surface area (Å²) in [5.74, 6) is -0.0984. The number of nitrogens with one attached hydrogen (secondary N) is 1. The van der Waals surface area contributed by atoms with E-state index in [2.05, 4.69) is 10.4 Å². The topological polar surface area (TPSA) is 72.9 Å². The van der Waals surface area contributed by atoms with E-state index in [9.17, 15) is 4.79 Å². The van der Waals surface area contributed by atoms with E-state index in [1.807, 2.05) is 13.8 Å².